The largest absolute Gasteiger partial charge is 0.252 e. The maximum atomic E-state index is 13.5. The number of pyridine rings is 1. The van der Waals surface area contributed by atoms with Gasteiger partial charge in [-0.25, -0.2) is 4.39 Å². The average Bonchev–Trinajstić information content (AvgIpc) is 2.19. The van der Waals surface area contributed by atoms with Crippen LogP contribution >= 0.6 is 22.6 Å². The summed E-state index contributed by atoms with van der Waals surface area (Å²) in [7, 11) is 0. The fraction of sp³-hybridized carbons (Fsp3) is 0. The van der Waals surface area contributed by atoms with Crippen LogP contribution in [0.3, 0.4) is 0 Å². The fourth-order valence-electron chi connectivity index (χ4n) is 1.22. The van der Waals surface area contributed by atoms with Crippen LogP contribution in [-0.2, 0) is 0 Å². The summed E-state index contributed by atoms with van der Waals surface area (Å²) in [6.45, 7) is 0. The van der Waals surface area contributed by atoms with E-state index in [0.29, 0.717) is 5.69 Å². The molecule has 0 aliphatic heterocycles. The Morgan fingerprint density at radius 1 is 1.14 bits per heavy atom. The van der Waals surface area contributed by atoms with E-state index in [1.54, 1.807) is 6.20 Å². The van der Waals surface area contributed by atoms with E-state index < -0.39 is 0 Å². The lowest BCUT2D eigenvalue weighted by molar-refractivity contribution is 0.624. The standard InChI is InChI=1S/C11H7FIN/c12-10-6-9(13)7-14-11(10)8-4-2-1-3-5-8/h1-7H. The molecule has 0 radical (unpaired) electrons. The first-order valence-electron chi connectivity index (χ1n) is 4.14. The molecule has 0 unspecified atom stereocenters. The molecule has 2 aromatic rings. The van der Waals surface area contributed by atoms with Gasteiger partial charge in [0.05, 0.1) is 0 Å². The summed E-state index contributed by atoms with van der Waals surface area (Å²) in [5.41, 5.74) is 1.22. The number of benzene rings is 1. The predicted octanol–water partition coefficient (Wildman–Crippen LogP) is 3.49. The summed E-state index contributed by atoms with van der Waals surface area (Å²) in [6, 6.07) is 10.8. The molecule has 0 aliphatic rings. The molecular weight excluding hydrogens is 292 g/mol. The van der Waals surface area contributed by atoms with Gasteiger partial charge in [-0.1, -0.05) is 30.3 Å². The molecule has 0 saturated heterocycles. The van der Waals surface area contributed by atoms with Crippen molar-refractivity contribution in [2.75, 3.05) is 0 Å². The first-order chi connectivity index (χ1) is 6.77. The molecule has 0 fully saturated rings. The van der Waals surface area contributed by atoms with Crippen LogP contribution in [0.4, 0.5) is 4.39 Å². The monoisotopic (exact) mass is 299 g/mol. The van der Waals surface area contributed by atoms with Gasteiger partial charge in [0, 0.05) is 15.3 Å². The minimum Gasteiger partial charge on any atom is -0.252 e. The Morgan fingerprint density at radius 2 is 1.86 bits per heavy atom. The summed E-state index contributed by atoms with van der Waals surface area (Å²) in [5.74, 6) is -0.275. The van der Waals surface area contributed by atoms with Gasteiger partial charge in [-0.05, 0) is 28.7 Å². The van der Waals surface area contributed by atoms with Gasteiger partial charge in [-0.3, -0.25) is 4.98 Å². The number of hydrogen-bond donors (Lipinski definition) is 0. The van der Waals surface area contributed by atoms with E-state index in [-0.39, 0.29) is 5.82 Å². The van der Waals surface area contributed by atoms with Crippen LogP contribution in [0.2, 0.25) is 0 Å². The molecule has 0 saturated carbocycles. The zero-order valence-corrected chi connectivity index (χ0v) is 9.40. The molecule has 0 amide bonds. The van der Waals surface area contributed by atoms with Crippen molar-refractivity contribution in [2.45, 2.75) is 0 Å². The first-order valence-corrected chi connectivity index (χ1v) is 5.22. The third kappa shape index (κ3) is 1.92. The summed E-state index contributed by atoms with van der Waals surface area (Å²) in [6.07, 6.45) is 1.66. The lowest BCUT2D eigenvalue weighted by atomic mass is 10.1. The van der Waals surface area contributed by atoms with Gasteiger partial charge in [-0.2, -0.15) is 0 Å². The van der Waals surface area contributed by atoms with Gasteiger partial charge < -0.3 is 0 Å². The highest BCUT2D eigenvalue weighted by molar-refractivity contribution is 14.1. The number of nitrogens with zero attached hydrogens (tertiary/aromatic N) is 1. The van der Waals surface area contributed by atoms with Gasteiger partial charge in [0.2, 0.25) is 0 Å². The second kappa shape index (κ2) is 4.04. The highest BCUT2D eigenvalue weighted by atomic mass is 127. The Labute approximate surface area is 95.1 Å². The minimum absolute atomic E-state index is 0.275. The molecule has 1 aromatic carbocycles. The zero-order valence-electron chi connectivity index (χ0n) is 7.24. The second-order valence-corrected chi connectivity index (χ2v) is 4.10. The molecule has 0 bridgehead atoms. The molecule has 1 heterocycles. The van der Waals surface area contributed by atoms with Gasteiger partial charge in [0.1, 0.15) is 5.69 Å². The number of halogens is 2. The van der Waals surface area contributed by atoms with E-state index in [1.165, 1.54) is 6.07 Å². The van der Waals surface area contributed by atoms with E-state index in [9.17, 15) is 4.39 Å². The van der Waals surface area contributed by atoms with Crippen molar-refractivity contribution < 1.29 is 4.39 Å². The van der Waals surface area contributed by atoms with Crippen LogP contribution in [0.15, 0.2) is 42.6 Å². The second-order valence-electron chi connectivity index (χ2n) is 2.85. The van der Waals surface area contributed by atoms with E-state index >= 15 is 0 Å². The summed E-state index contributed by atoms with van der Waals surface area (Å²) >= 11 is 2.04. The normalized spacial score (nSPS) is 10.1. The Balaban J connectivity index is 2.53. The van der Waals surface area contributed by atoms with Crippen LogP contribution in [0.1, 0.15) is 0 Å². The van der Waals surface area contributed by atoms with E-state index in [2.05, 4.69) is 4.98 Å². The average molecular weight is 299 g/mol. The van der Waals surface area contributed by atoms with Crippen molar-refractivity contribution in [3.8, 4) is 11.3 Å². The molecule has 0 spiro atoms. The number of rotatable bonds is 1. The number of hydrogen-bond acceptors (Lipinski definition) is 1. The summed E-state index contributed by atoms with van der Waals surface area (Å²) in [5, 5.41) is 0. The van der Waals surface area contributed by atoms with Crippen LogP contribution in [-0.4, -0.2) is 4.98 Å². The van der Waals surface area contributed by atoms with Crippen LogP contribution in [0, 0.1) is 9.39 Å². The quantitative estimate of drug-likeness (QED) is 0.735. The topological polar surface area (TPSA) is 12.9 Å². The summed E-state index contributed by atoms with van der Waals surface area (Å²) in [4.78, 5) is 4.07. The van der Waals surface area contributed by atoms with Gasteiger partial charge in [0.25, 0.3) is 0 Å². The molecular formula is C11H7FIN. The Kier molecular flexibility index (Phi) is 2.77. The lowest BCUT2D eigenvalue weighted by Crippen LogP contribution is -1.89. The van der Waals surface area contributed by atoms with Crippen LogP contribution < -0.4 is 0 Å². The van der Waals surface area contributed by atoms with Crippen molar-refractivity contribution in [1.29, 1.82) is 0 Å². The number of aromatic nitrogens is 1. The maximum absolute atomic E-state index is 13.5. The van der Waals surface area contributed by atoms with Crippen LogP contribution in [0.5, 0.6) is 0 Å². The molecule has 1 aromatic heterocycles. The predicted molar refractivity (Wildman–Crippen MR) is 62.3 cm³/mol. The lowest BCUT2D eigenvalue weighted by Gasteiger charge is -2.01. The minimum atomic E-state index is -0.275. The molecule has 3 heteroatoms. The molecule has 1 nitrogen and oxygen atoms in total. The molecule has 14 heavy (non-hydrogen) atoms. The van der Waals surface area contributed by atoms with Crippen molar-refractivity contribution in [3.05, 3.63) is 52.0 Å². The van der Waals surface area contributed by atoms with E-state index in [1.807, 2.05) is 52.9 Å². The molecule has 70 valence electrons. The highest BCUT2D eigenvalue weighted by Gasteiger charge is 2.05. The smallest absolute Gasteiger partial charge is 0.150 e. The molecule has 0 atom stereocenters. The van der Waals surface area contributed by atoms with E-state index in [0.717, 1.165) is 9.13 Å². The summed E-state index contributed by atoms with van der Waals surface area (Å²) < 4.78 is 14.3. The highest BCUT2D eigenvalue weighted by Crippen LogP contribution is 2.20. The van der Waals surface area contributed by atoms with Crippen molar-refractivity contribution in [3.63, 3.8) is 0 Å². The zero-order chi connectivity index (χ0) is 9.97. The molecule has 2 rings (SSSR count). The van der Waals surface area contributed by atoms with Gasteiger partial charge in [0.15, 0.2) is 5.82 Å². The van der Waals surface area contributed by atoms with Gasteiger partial charge >= 0.3 is 0 Å². The SMILES string of the molecule is Fc1cc(I)cnc1-c1ccccc1. The van der Waals surface area contributed by atoms with Crippen LogP contribution in [0.25, 0.3) is 11.3 Å². The van der Waals surface area contributed by atoms with Crippen molar-refractivity contribution in [1.82, 2.24) is 4.98 Å². The Bertz CT molecular complexity index is 442. The van der Waals surface area contributed by atoms with Crippen molar-refractivity contribution >= 4 is 22.6 Å². The Hall–Kier alpha value is -0.970. The fourth-order valence-corrected chi connectivity index (χ4v) is 1.64. The van der Waals surface area contributed by atoms with E-state index in [4.69, 9.17) is 0 Å². The third-order valence-corrected chi connectivity index (χ3v) is 2.44. The maximum Gasteiger partial charge on any atom is 0.150 e. The Morgan fingerprint density at radius 3 is 2.50 bits per heavy atom. The molecule has 0 N–H and O–H groups in total. The van der Waals surface area contributed by atoms with Crippen molar-refractivity contribution in [2.24, 2.45) is 0 Å². The third-order valence-electron chi connectivity index (χ3n) is 1.86. The first kappa shape index (κ1) is 9.58. The molecule has 0 aliphatic carbocycles. The van der Waals surface area contributed by atoms with Gasteiger partial charge in [-0.15, -0.1) is 0 Å².